The Labute approximate surface area is 127 Å². The Morgan fingerprint density at radius 1 is 1.47 bits per heavy atom. The molecule has 0 radical (unpaired) electrons. The molecule has 0 aromatic heterocycles. The zero-order chi connectivity index (χ0) is 14.0. The van der Waals surface area contributed by atoms with Crippen LogP contribution < -0.4 is 0 Å². The van der Waals surface area contributed by atoms with Gasteiger partial charge in [0.1, 0.15) is 0 Å². The highest BCUT2D eigenvalue weighted by atomic mass is 79.9. The van der Waals surface area contributed by atoms with Gasteiger partial charge in [0, 0.05) is 28.6 Å². The van der Waals surface area contributed by atoms with Crippen molar-refractivity contribution in [2.24, 2.45) is 0 Å². The van der Waals surface area contributed by atoms with Crippen LogP contribution >= 0.6 is 27.7 Å². The number of halogens is 1. The average Bonchev–Trinajstić information content (AvgIpc) is 2.41. The van der Waals surface area contributed by atoms with E-state index in [0.717, 1.165) is 22.2 Å². The molecule has 2 rings (SSSR count). The fourth-order valence-corrected chi connectivity index (χ4v) is 5.79. The van der Waals surface area contributed by atoms with Crippen LogP contribution in [0, 0.1) is 6.92 Å². The molecular formula is C13H18BrNO2S2. The van der Waals surface area contributed by atoms with Gasteiger partial charge in [0.05, 0.1) is 4.90 Å². The summed E-state index contributed by atoms with van der Waals surface area (Å²) in [6.45, 7) is 5.18. The van der Waals surface area contributed by atoms with Crippen LogP contribution in [0.4, 0.5) is 0 Å². The molecule has 106 valence electrons. The van der Waals surface area contributed by atoms with Crippen LogP contribution in [0.15, 0.2) is 27.6 Å². The number of aryl methyl sites for hydroxylation is 1. The van der Waals surface area contributed by atoms with Gasteiger partial charge in [-0.2, -0.15) is 16.1 Å². The Morgan fingerprint density at radius 3 is 2.89 bits per heavy atom. The normalized spacial score (nSPS) is 21.5. The third-order valence-electron chi connectivity index (χ3n) is 3.32. The van der Waals surface area contributed by atoms with Crippen molar-refractivity contribution in [3.05, 3.63) is 28.2 Å². The maximum Gasteiger partial charge on any atom is 0.243 e. The molecular weight excluding hydrogens is 346 g/mol. The van der Waals surface area contributed by atoms with Gasteiger partial charge in [-0.15, -0.1) is 0 Å². The number of thioether (sulfide) groups is 1. The minimum Gasteiger partial charge on any atom is -0.207 e. The molecule has 0 N–H and O–H groups in total. The summed E-state index contributed by atoms with van der Waals surface area (Å²) < 4.78 is 27.9. The van der Waals surface area contributed by atoms with E-state index < -0.39 is 10.0 Å². The first kappa shape index (κ1) is 15.4. The first-order chi connectivity index (χ1) is 8.95. The van der Waals surface area contributed by atoms with Gasteiger partial charge >= 0.3 is 0 Å². The van der Waals surface area contributed by atoms with E-state index >= 15 is 0 Å². The summed E-state index contributed by atoms with van der Waals surface area (Å²) in [6, 6.07) is 5.41. The second-order valence-corrected chi connectivity index (χ2v) is 8.90. The van der Waals surface area contributed by atoms with E-state index in [1.165, 1.54) is 0 Å². The molecule has 1 aliphatic heterocycles. The van der Waals surface area contributed by atoms with Gasteiger partial charge in [0.25, 0.3) is 0 Å². The van der Waals surface area contributed by atoms with E-state index in [2.05, 4.69) is 22.9 Å². The minimum atomic E-state index is -3.37. The Morgan fingerprint density at radius 2 is 2.21 bits per heavy atom. The van der Waals surface area contributed by atoms with Crippen molar-refractivity contribution >= 4 is 37.7 Å². The van der Waals surface area contributed by atoms with Gasteiger partial charge < -0.3 is 0 Å². The third kappa shape index (κ3) is 3.35. The molecule has 1 aromatic carbocycles. The summed E-state index contributed by atoms with van der Waals surface area (Å²) in [6.07, 6.45) is 1.01. The third-order valence-corrected chi connectivity index (χ3v) is 7.20. The van der Waals surface area contributed by atoms with E-state index in [1.54, 1.807) is 10.4 Å². The molecule has 1 fully saturated rings. The molecule has 1 unspecified atom stereocenters. The lowest BCUT2D eigenvalue weighted by molar-refractivity contribution is 0.415. The van der Waals surface area contributed by atoms with Gasteiger partial charge in [-0.1, -0.05) is 28.9 Å². The largest absolute Gasteiger partial charge is 0.243 e. The molecule has 0 saturated carbocycles. The van der Waals surface area contributed by atoms with E-state index in [0.29, 0.717) is 23.2 Å². The predicted octanol–water partition coefficient (Wildman–Crippen LogP) is 3.27. The number of hydrogen-bond donors (Lipinski definition) is 0. The highest BCUT2D eigenvalue weighted by molar-refractivity contribution is 9.10. The molecule has 0 amide bonds. The fraction of sp³-hybridized carbons (Fsp3) is 0.538. The maximum absolute atomic E-state index is 12.7. The monoisotopic (exact) mass is 363 g/mol. The molecule has 0 aliphatic carbocycles. The lowest BCUT2D eigenvalue weighted by Gasteiger charge is -2.31. The molecule has 1 aliphatic rings. The Bertz CT molecular complexity index is 560. The van der Waals surface area contributed by atoms with E-state index in [-0.39, 0.29) is 0 Å². The highest BCUT2D eigenvalue weighted by Crippen LogP contribution is 2.28. The zero-order valence-corrected chi connectivity index (χ0v) is 14.3. The summed E-state index contributed by atoms with van der Waals surface area (Å²) >= 11 is 5.22. The Hall–Kier alpha value is -0.0400. The van der Waals surface area contributed by atoms with E-state index in [1.807, 2.05) is 30.8 Å². The van der Waals surface area contributed by atoms with Crippen LogP contribution in [0.2, 0.25) is 0 Å². The summed E-state index contributed by atoms with van der Waals surface area (Å²) in [5, 5.41) is 0.413. The summed E-state index contributed by atoms with van der Waals surface area (Å²) in [5.41, 5.74) is 0.800. The van der Waals surface area contributed by atoms with Crippen molar-refractivity contribution in [2.75, 3.05) is 18.8 Å². The number of rotatable bonds is 3. The van der Waals surface area contributed by atoms with Crippen LogP contribution in [0.3, 0.4) is 0 Å². The summed E-state index contributed by atoms with van der Waals surface area (Å²) in [7, 11) is -3.37. The molecule has 1 aromatic rings. The van der Waals surface area contributed by atoms with Crippen molar-refractivity contribution in [1.82, 2.24) is 4.31 Å². The smallest absolute Gasteiger partial charge is 0.207 e. The summed E-state index contributed by atoms with van der Waals surface area (Å²) in [4.78, 5) is 0.420. The maximum atomic E-state index is 12.7. The topological polar surface area (TPSA) is 37.4 Å². The predicted molar refractivity (Wildman–Crippen MR) is 84.2 cm³/mol. The fourth-order valence-electron chi connectivity index (χ4n) is 2.15. The van der Waals surface area contributed by atoms with Gasteiger partial charge in [0.15, 0.2) is 0 Å². The van der Waals surface area contributed by atoms with E-state index in [4.69, 9.17) is 0 Å². The van der Waals surface area contributed by atoms with Crippen molar-refractivity contribution in [3.8, 4) is 0 Å². The number of hydrogen-bond acceptors (Lipinski definition) is 3. The van der Waals surface area contributed by atoms with Crippen LogP contribution in [-0.2, 0) is 10.0 Å². The van der Waals surface area contributed by atoms with Crippen LogP contribution in [0.25, 0.3) is 0 Å². The molecule has 6 heteroatoms. The Balaban J connectivity index is 2.34. The zero-order valence-electron chi connectivity index (χ0n) is 11.1. The highest BCUT2D eigenvalue weighted by Gasteiger charge is 2.30. The SMILES string of the molecule is CCC1CN(S(=O)(=O)c2cc(Br)ccc2C)CCS1. The molecule has 19 heavy (non-hydrogen) atoms. The number of benzene rings is 1. The molecule has 0 spiro atoms. The molecule has 1 saturated heterocycles. The van der Waals surface area contributed by atoms with Crippen LogP contribution in [-0.4, -0.2) is 36.8 Å². The average molecular weight is 364 g/mol. The Kier molecular flexibility index (Phi) is 4.98. The van der Waals surface area contributed by atoms with Gasteiger partial charge in [0.2, 0.25) is 10.0 Å². The molecule has 1 atom stereocenters. The number of nitrogens with zero attached hydrogens (tertiary/aromatic N) is 1. The lowest BCUT2D eigenvalue weighted by Crippen LogP contribution is -2.41. The first-order valence-corrected chi connectivity index (χ1v) is 9.61. The lowest BCUT2D eigenvalue weighted by atomic mass is 10.2. The standard InChI is InChI=1S/C13H18BrNO2S2/c1-3-12-9-15(6-7-18-12)19(16,17)13-8-11(14)5-4-10(13)2/h4-5,8,12H,3,6-7,9H2,1-2H3. The second kappa shape index (κ2) is 6.16. The van der Waals surface area contributed by atoms with Gasteiger partial charge in [-0.3, -0.25) is 0 Å². The van der Waals surface area contributed by atoms with Crippen molar-refractivity contribution in [2.45, 2.75) is 30.4 Å². The van der Waals surface area contributed by atoms with Crippen molar-refractivity contribution < 1.29 is 8.42 Å². The number of sulfonamides is 1. The molecule has 0 bridgehead atoms. The quantitative estimate of drug-likeness (QED) is 0.826. The minimum absolute atomic E-state index is 0.413. The van der Waals surface area contributed by atoms with Gasteiger partial charge in [-0.05, 0) is 31.0 Å². The summed E-state index contributed by atoms with van der Waals surface area (Å²) in [5.74, 6) is 0.880. The van der Waals surface area contributed by atoms with Crippen LogP contribution in [0.5, 0.6) is 0 Å². The van der Waals surface area contributed by atoms with E-state index in [9.17, 15) is 8.42 Å². The second-order valence-electron chi connectivity index (χ2n) is 4.67. The molecule has 1 heterocycles. The van der Waals surface area contributed by atoms with Gasteiger partial charge in [-0.25, -0.2) is 8.42 Å². The van der Waals surface area contributed by atoms with Crippen molar-refractivity contribution in [1.29, 1.82) is 0 Å². The first-order valence-electron chi connectivity index (χ1n) is 6.33. The van der Waals surface area contributed by atoms with Crippen molar-refractivity contribution in [3.63, 3.8) is 0 Å². The molecule has 3 nitrogen and oxygen atoms in total. The van der Waals surface area contributed by atoms with Crippen LogP contribution in [0.1, 0.15) is 18.9 Å².